The van der Waals surface area contributed by atoms with Crippen LogP contribution in [-0.4, -0.2) is 36.2 Å². The molecule has 0 unspecified atom stereocenters. The minimum Gasteiger partial charge on any atom is -0.480 e. The molecule has 0 saturated heterocycles. The molecular weight excluding hydrogens is 446 g/mol. The fraction of sp³-hybridized carbons (Fsp3) is 0.450. The van der Waals surface area contributed by atoms with Crippen LogP contribution in [0.2, 0.25) is 5.02 Å². The predicted molar refractivity (Wildman–Crippen MR) is 111 cm³/mol. The van der Waals surface area contributed by atoms with Crippen LogP contribution in [0.1, 0.15) is 31.4 Å². The van der Waals surface area contributed by atoms with Gasteiger partial charge in [0.05, 0.1) is 37.1 Å². The number of carbonyl (C=O) groups excluding carboxylic acids is 1. The van der Waals surface area contributed by atoms with E-state index in [2.05, 4.69) is 31.2 Å². The lowest BCUT2D eigenvalue weighted by molar-refractivity contribution is -0.146. The Labute approximate surface area is 178 Å². The highest BCUT2D eigenvalue weighted by Gasteiger charge is 2.26. The standard InChI is InChI=1S/C20H23BrClN3O3/c1-27-19-17(11-23-13-8-6-12(7-9-13)20(26)28-2)24-10-16(25-19)14-4-3-5-15(21)18(14)22/h3-5,10,12-13,23H,6-9,11H2,1-2H3. The van der Waals surface area contributed by atoms with Gasteiger partial charge < -0.3 is 14.8 Å². The summed E-state index contributed by atoms with van der Waals surface area (Å²) in [7, 11) is 3.03. The number of esters is 1. The molecule has 1 heterocycles. The van der Waals surface area contributed by atoms with Gasteiger partial charge in [-0.2, -0.15) is 0 Å². The Bertz CT molecular complexity index is 841. The van der Waals surface area contributed by atoms with Crippen LogP contribution in [0.3, 0.4) is 0 Å². The number of hydrogen-bond acceptors (Lipinski definition) is 6. The predicted octanol–water partition coefficient (Wildman–Crippen LogP) is 4.39. The Morgan fingerprint density at radius 1 is 1.29 bits per heavy atom. The van der Waals surface area contributed by atoms with E-state index in [1.165, 1.54) is 7.11 Å². The van der Waals surface area contributed by atoms with Crippen molar-refractivity contribution in [3.63, 3.8) is 0 Å². The van der Waals surface area contributed by atoms with E-state index < -0.39 is 0 Å². The molecule has 0 atom stereocenters. The van der Waals surface area contributed by atoms with Gasteiger partial charge in [-0.3, -0.25) is 9.78 Å². The molecule has 1 aliphatic rings. The summed E-state index contributed by atoms with van der Waals surface area (Å²) in [5, 5.41) is 4.09. The third-order valence-corrected chi connectivity index (χ3v) is 6.35. The molecule has 6 nitrogen and oxygen atoms in total. The van der Waals surface area contributed by atoms with Crippen molar-refractivity contribution in [1.82, 2.24) is 15.3 Å². The maximum absolute atomic E-state index is 11.6. The molecule has 1 fully saturated rings. The van der Waals surface area contributed by atoms with Gasteiger partial charge in [0, 0.05) is 22.6 Å². The van der Waals surface area contributed by atoms with E-state index in [0.29, 0.717) is 29.2 Å². The Balaban J connectivity index is 1.65. The van der Waals surface area contributed by atoms with E-state index in [9.17, 15) is 4.79 Å². The molecule has 0 spiro atoms. The second-order valence-electron chi connectivity index (χ2n) is 6.77. The first kappa shape index (κ1) is 21.0. The average Bonchev–Trinajstić information content (AvgIpc) is 2.74. The lowest BCUT2D eigenvalue weighted by Gasteiger charge is -2.27. The third-order valence-electron chi connectivity index (χ3n) is 5.05. The number of nitrogens with zero attached hydrogens (tertiary/aromatic N) is 2. The van der Waals surface area contributed by atoms with Gasteiger partial charge in [0.25, 0.3) is 0 Å². The van der Waals surface area contributed by atoms with Crippen LogP contribution < -0.4 is 10.1 Å². The number of aromatic nitrogens is 2. The first-order valence-electron chi connectivity index (χ1n) is 9.19. The fourth-order valence-electron chi connectivity index (χ4n) is 3.45. The van der Waals surface area contributed by atoms with Crippen molar-refractivity contribution in [2.75, 3.05) is 14.2 Å². The van der Waals surface area contributed by atoms with E-state index in [-0.39, 0.29) is 11.9 Å². The van der Waals surface area contributed by atoms with Crippen LogP contribution >= 0.6 is 27.5 Å². The van der Waals surface area contributed by atoms with Crippen molar-refractivity contribution in [3.05, 3.63) is 39.6 Å². The third kappa shape index (κ3) is 4.82. The molecule has 1 saturated carbocycles. The van der Waals surface area contributed by atoms with E-state index in [4.69, 9.17) is 21.1 Å². The SMILES string of the molecule is COC(=O)C1CCC(NCc2ncc(-c3cccc(Br)c3Cl)nc2OC)CC1. The van der Waals surface area contributed by atoms with Crippen LogP contribution in [0.15, 0.2) is 28.9 Å². The molecule has 1 aromatic heterocycles. The maximum atomic E-state index is 11.6. The van der Waals surface area contributed by atoms with Crippen LogP contribution in [0.5, 0.6) is 5.88 Å². The summed E-state index contributed by atoms with van der Waals surface area (Å²) in [6.07, 6.45) is 5.25. The number of nitrogens with one attached hydrogen (secondary N) is 1. The summed E-state index contributed by atoms with van der Waals surface area (Å²) in [5.74, 6) is 0.392. The second kappa shape index (κ2) is 9.67. The van der Waals surface area contributed by atoms with Gasteiger partial charge in [0.2, 0.25) is 5.88 Å². The first-order chi connectivity index (χ1) is 13.5. The monoisotopic (exact) mass is 467 g/mol. The van der Waals surface area contributed by atoms with E-state index in [0.717, 1.165) is 41.4 Å². The quantitative estimate of drug-likeness (QED) is 0.634. The van der Waals surface area contributed by atoms with Crippen molar-refractivity contribution in [3.8, 4) is 17.1 Å². The van der Waals surface area contributed by atoms with Gasteiger partial charge in [-0.05, 0) is 47.7 Å². The molecular formula is C20H23BrClN3O3. The Hall–Kier alpha value is -1.70. The number of halogens is 2. The van der Waals surface area contributed by atoms with Gasteiger partial charge in [-0.25, -0.2) is 4.98 Å². The number of hydrogen-bond donors (Lipinski definition) is 1. The van der Waals surface area contributed by atoms with Crippen molar-refractivity contribution in [2.24, 2.45) is 5.92 Å². The molecule has 2 aromatic rings. The molecule has 150 valence electrons. The fourth-order valence-corrected chi connectivity index (χ4v) is 4.04. The molecule has 1 N–H and O–H groups in total. The van der Waals surface area contributed by atoms with Crippen molar-refractivity contribution in [1.29, 1.82) is 0 Å². The molecule has 8 heteroatoms. The first-order valence-corrected chi connectivity index (χ1v) is 10.4. The number of rotatable bonds is 6. The highest BCUT2D eigenvalue weighted by Crippen LogP contribution is 2.33. The molecule has 1 aliphatic carbocycles. The molecule has 0 radical (unpaired) electrons. The molecule has 3 rings (SSSR count). The normalized spacial score (nSPS) is 19.3. The van der Waals surface area contributed by atoms with Gasteiger partial charge in [-0.15, -0.1) is 0 Å². The highest BCUT2D eigenvalue weighted by molar-refractivity contribution is 9.10. The molecule has 0 bridgehead atoms. The Morgan fingerprint density at radius 2 is 2.04 bits per heavy atom. The summed E-state index contributed by atoms with van der Waals surface area (Å²) in [6.45, 7) is 0.552. The van der Waals surface area contributed by atoms with Crippen LogP contribution in [0.25, 0.3) is 11.3 Å². The van der Waals surface area contributed by atoms with Gasteiger partial charge in [0.15, 0.2) is 0 Å². The lowest BCUT2D eigenvalue weighted by Crippen LogP contribution is -2.35. The summed E-state index contributed by atoms with van der Waals surface area (Å²) in [6, 6.07) is 6.02. The smallest absolute Gasteiger partial charge is 0.308 e. The van der Waals surface area contributed by atoms with Crippen molar-refractivity contribution < 1.29 is 14.3 Å². The second-order valence-corrected chi connectivity index (χ2v) is 8.00. The number of carbonyl (C=O) groups is 1. The van der Waals surface area contributed by atoms with Crippen molar-refractivity contribution >= 4 is 33.5 Å². The molecule has 1 aromatic carbocycles. The zero-order chi connectivity index (χ0) is 20.1. The summed E-state index contributed by atoms with van der Waals surface area (Å²) in [4.78, 5) is 20.8. The summed E-state index contributed by atoms with van der Waals surface area (Å²) in [5.41, 5.74) is 2.19. The largest absolute Gasteiger partial charge is 0.480 e. The zero-order valence-corrected chi connectivity index (χ0v) is 18.2. The summed E-state index contributed by atoms with van der Waals surface area (Å²) < 4.78 is 11.1. The lowest BCUT2D eigenvalue weighted by atomic mass is 9.86. The average molecular weight is 469 g/mol. The van der Waals surface area contributed by atoms with E-state index in [1.54, 1.807) is 13.3 Å². The number of methoxy groups -OCH3 is 2. The van der Waals surface area contributed by atoms with Gasteiger partial charge >= 0.3 is 5.97 Å². The number of benzene rings is 1. The van der Waals surface area contributed by atoms with Gasteiger partial charge in [0.1, 0.15) is 5.69 Å². The molecule has 28 heavy (non-hydrogen) atoms. The molecule has 0 amide bonds. The van der Waals surface area contributed by atoms with E-state index >= 15 is 0 Å². The van der Waals surface area contributed by atoms with Gasteiger partial charge in [-0.1, -0.05) is 23.7 Å². The van der Waals surface area contributed by atoms with Crippen molar-refractivity contribution in [2.45, 2.75) is 38.3 Å². The number of ether oxygens (including phenoxy) is 2. The maximum Gasteiger partial charge on any atom is 0.308 e. The Morgan fingerprint density at radius 3 is 2.71 bits per heavy atom. The van der Waals surface area contributed by atoms with Crippen LogP contribution in [0, 0.1) is 5.92 Å². The highest BCUT2D eigenvalue weighted by atomic mass is 79.9. The Kier molecular flexibility index (Phi) is 7.26. The van der Waals surface area contributed by atoms with E-state index in [1.807, 2.05) is 18.2 Å². The minimum atomic E-state index is -0.104. The molecule has 0 aliphatic heterocycles. The van der Waals surface area contributed by atoms with Crippen LogP contribution in [-0.2, 0) is 16.1 Å². The van der Waals surface area contributed by atoms with Crippen LogP contribution in [0.4, 0.5) is 0 Å². The summed E-state index contributed by atoms with van der Waals surface area (Å²) >= 11 is 9.80. The minimum absolute atomic E-state index is 0.0200. The topological polar surface area (TPSA) is 73.3 Å². The zero-order valence-electron chi connectivity index (χ0n) is 15.9.